The van der Waals surface area contributed by atoms with Gasteiger partial charge in [-0.1, -0.05) is 20.8 Å². The molecular formula is C23H28N2O5S. The van der Waals surface area contributed by atoms with Crippen molar-refractivity contribution in [3.05, 3.63) is 59.7 Å². The molecule has 0 radical (unpaired) electrons. The fourth-order valence-corrected chi connectivity index (χ4v) is 4.91. The second-order valence-corrected chi connectivity index (χ2v) is 10.3. The number of carbonyl (C=O) groups is 1. The van der Waals surface area contributed by atoms with Crippen molar-refractivity contribution in [3.63, 3.8) is 0 Å². The summed E-state index contributed by atoms with van der Waals surface area (Å²) >= 11 is 0. The van der Waals surface area contributed by atoms with Crippen LogP contribution in [0.3, 0.4) is 0 Å². The molecule has 1 amide bonds. The summed E-state index contributed by atoms with van der Waals surface area (Å²) in [6, 6.07) is 9.78. The summed E-state index contributed by atoms with van der Waals surface area (Å²) in [7, 11) is -2.40. The molecular weight excluding hydrogens is 416 g/mol. The Labute approximate surface area is 182 Å². The summed E-state index contributed by atoms with van der Waals surface area (Å²) < 4.78 is 39.7. The molecule has 166 valence electrons. The van der Waals surface area contributed by atoms with E-state index in [0.29, 0.717) is 17.1 Å². The van der Waals surface area contributed by atoms with E-state index < -0.39 is 15.3 Å². The summed E-state index contributed by atoms with van der Waals surface area (Å²) in [4.78, 5) is 13.1. The van der Waals surface area contributed by atoms with Crippen LogP contribution in [0.15, 0.2) is 56.9 Å². The third-order valence-corrected chi connectivity index (χ3v) is 7.15. The topological polar surface area (TPSA) is 90.5 Å². The molecule has 0 bridgehead atoms. The number of ether oxygens (including phenoxy) is 1. The number of methoxy groups -OCH3 is 1. The van der Waals surface area contributed by atoms with Gasteiger partial charge in [-0.3, -0.25) is 4.79 Å². The molecule has 0 aliphatic heterocycles. The van der Waals surface area contributed by atoms with Crippen LogP contribution in [-0.4, -0.2) is 26.0 Å². The number of nitrogens with zero attached hydrogens (tertiary/aromatic N) is 1. The normalized spacial score (nSPS) is 12.1. The molecule has 0 aliphatic carbocycles. The number of aromatic nitrogens is 1. The molecule has 3 rings (SSSR count). The van der Waals surface area contributed by atoms with Crippen LogP contribution in [0.5, 0.6) is 5.75 Å². The Morgan fingerprint density at radius 1 is 1.13 bits per heavy atom. The average Bonchev–Trinajstić information content (AvgIpc) is 3.30. The number of furan rings is 1. The Hall–Kier alpha value is -3.00. The highest BCUT2D eigenvalue weighted by Gasteiger charge is 2.32. The van der Waals surface area contributed by atoms with E-state index in [0.717, 1.165) is 5.69 Å². The molecule has 2 heterocycles. The fourth-order valence-electron chi connectivity index (χ4n) is 3.21. The molecule has 7 nitrogen and oxygen atoms in total. The van der Waals surface area contributed by atoms with E-state index in [-0.39, 0.29) is 28.1 Å². The molecule has 1 aromatic carbocycles. The van der Waals surface area contributed by atoms with Crippen molar-refractivity contribution in [2.45, 2.75) is 51.0 Å². The van der Waals surface area contributed by atoms with Gasteiger partial charge in [0.2, 0.25) is 15.7 Å². The minimum Gasteiger partial charge on any atom is -0.497 e. The van der Waals surface area contributed by atoms with E-state index >= 15 is 0 Å². The van der Waals surface area contributed by atoms with Crippen molar-refractivity contribution in [2.75, 3.05) is 12.4 Å². The van der Waals surface area contributed by atoms with Gasteiger partial charge in [0.05, 0.1) is 24.8 Å². The first kappa shape index (κ1) is 22.7. The Balaban J connectivity index is 2.21. The molecule has 1 N–H and O–H groups in total. The molecule has 0 saturated heterocycles. The van der Waals surface area contributed by atoms with Crippen LogP contribution >= 0.6 is 0 Å². The predicted molar refractivity (Wildman–Crippen MR) is 118 cm³/mol. The lowest BCUT2D eigenvalue weighted by Crippen LogP contribution is -2.29. The first-order valence-corrected chi connectivity index (χ1v) is 11.4. The second kappa shape index (κ2) is 8.26. The van der Waals surface area contributed by atoms with Gasteiger partial charge in [-0.2, -0.15) is 0 Å². The van der Waals surface area contributed by atoms with Crippen LogP contribution in [0, 0.1) is 19.3 Å². The number of carbonyl (C=O) groups excluding carboxylic acids is 1. The number of anilines is 1. The lowest BCUT2D eigenvalue weighted by atomic mass is 9.96. The zero-order valence-corrected chi connectivity index (χ0v) is 19.5. The van der Waals surface area contributed by atoms with Gasteiger partial charge in [0.25, 0.3) is 0 Å². The lowest BCUT2D eigenvalue weighted by molar-refractivity contribution is -0.123. The molecule has 8 heteroatoms. The second-order valence-electron chi connectivity index (χ2n) is 8.44. The maximum absolute atomic E-state index is 13.6. The van der Waals surface area contributed by atoms with Gasteiger partial charge < -0.3 is 19.0 Å². The third-order valence-electron chi connectivity index (χ3n) is 5.22. The van der Waals surface area contributed by atoms with Gasteiger partial charge in [-0.25, -0.2) is 8.42 Å². The summed E-state index contributed by atoms with van der Waals surface area (Å²) in [5, 5.41) is 2.87. The minimum atomic E-state index is -3.92. The molecule has 0 spiro atoms. The summed E-state index contributed by atoms with van der Waals surface area (Å²) in [5.41, 5.74) is 0.599. The van der Waals surface area contributed by atoms with Crippen molar-refractivity contribution in [1.82, 2.24) is 4.57 Å². The van der Waals surface area contributed by atoms with Crippen LogP contribution in [0.2, 0.25) is 0 Å². The van der Waals surface area contributed by atoms with Gasteiger partial charge in [-0.15, -0.1) is 0 Å². The summed E-state index contributed by atoms with van der Waals surface area (Å²) in [5.74, 6) is 1.17. The van der Waals surface area contributed by atoms with Crippen LogP contribution < -0.4 is 10.1 Å². The maximum atomic E-state index is 13.6. The highest BCUT2D eigenvalue weighted by Crippen LogP contribution is 2.37. The largest absolute Gasteiger partial charge is 0.497 e. The van der Waals surface area contributed by atoms with Crippen LogP contribution in [0.25, 0.3) is 0 Å². The average molecular weight is 445 g/mol. The molecule has 2 aromatic heterocycles. The zero-order chi connectivity index (χ0) is 23.0. The van der Waals surface area contributed by atoms with E-state index in [4.69, 9.17) is 9.15 Å². The molecule has 0 unspecified atom stereocenters. The SMILES string of the molecule is COc1ccc(S(=O)(=O)c2c(C)c(C)n(Cc3ccco3)c2NC(=O)C(C)(C)C)cc1. The highest BCUT2D eigenvalue weighted by molar-refractivity contribution is 7.91. The van der Waals surface area contributed by atoms with Gasteiger partial charge in [0.1, 0.15) is 22.2 Å². The summed E-state index contributed by atoms with van der Waals surface area (Å²) in [6.45, 7) is 9.20. The standard InChI is InChI=1S/C23H28N2O5S/c1-15-16(2)25(14-18-8-7-13-30-18)21(24-22(26)23(3,4)5)20(15)31(27,28)19-11-9-17(29-6)10-12-19/h7-13H,14H2,1-6H3,(H,24,26). The smallest absolute Gasteiger partial charge is 0.230 e. The first-order valence-electron chi connectivity index (χ1n) is 9.89. The van der Waals surface area contributed by atoms with E-state index in [1.165, 1.54) is 19.2 Å². The quantitative estimate of drug-likeness (QED) is 0.601. The number of sulfone groups is 1. The summed E-state index contributed by atoms with van der Waals surface area (Å²) in [6.07, 6.45) is 1.56. The molecule has 0 fully saturated rings. The molecule has 0 saturated carbocycles. The van der Waals surface area contributed by atoms with Crippen molar-refractivity contribution in [1.29, 1.82) is 0 Å². The highest BCUT2D eigenvalue weighted by atomic mass is 32.2. The number of hydrogen-bond acceptors (Lipinski definition) is 5. The van der Waals surface area contributed by atoms with Crippen molar-refractivity contribution < 1.29 is 22.4 Å². The predicted octanol–water partition coefficient (Wildman–Crippen LogP) is 4.57. The minimum absolute atomic E-state index is 0.0827. The van der Waals surface area contributed by atoms with Crippen molar-refractivity contribution in [3.8, 4) is 5.75 Å². The first-order chi connectivity index (χ1) is 14.5. The maximum Gasteiger partial charge on any atom is 0.230 e. The Morgan fingerprint density at radius 3 is 2.29 bits per heavy atom. The number of amides is 1. The Morgan fingerprint density at radius 2 is 1.77 bits per heavy atom. The van der Waals surface area contributed by atoms with Gasteiger partial charge >= 0.3 is 0 Å². The van der Waals surface area contributed by atoms with Crippen molar-refractivity contribution >= 4 is 21.6 Å². The van der Waals surface area contributed by atoms with Gasteiger partial charge in [-0.05, 0) is 55.8 Å². The van der Waals surface area contributed by atoms with Gasteiger partial charge in [0.15, 0.2) is 0 Å². The lowest BCUT2D eigenvalue weighted by Gasteiger charge is -2.20. The molecule has 31 heavy (non-hydrogen) atoms. The van der Waals surface area contributed by atoms with E-state index in [1.54, 1.807) is 56.7 Å². The molecule has 3 aromatic rings. The van der Waals surface area contributed by atoms with E-state index in [2.05, 4.69) is 5.32 Å². The fraction of sp³-hybridized carbons (Fsp3) is 0.348. The van der Waals surface area contributed by atoms with E-state index in [9.17, 15) is 13.2 Å². The van der Waals surface area contributed by atoms with Crippen molar-refractivity contribution in [2.24, 2.45) is 5.41 Å². The Kier molecular flexibility index (Phi) is 6.04. The third kappa shape index (κ3) is 4.39. The van der Waals surface area contributed by atoms with Crippen LogP contribution in [0.1, 0.15) is 37.8 Å². The number of hydrogen-bond donors (Lipinski definition) is 1. The number of rotatable bonds is 6. The molecule has 0 aliphatic rings. The number of nitrogens with one attached hydrogen (secondary N) is 1. The number of benzene rings is 1. The van der Waals surface area contributed by atoms with Crippen LogP contribution in [-0.2, 0) is 21.2 Å². The Bertz CT molecular complexity index is 1180. The zero-order valence-electron chi connectivity index (χ0n) is 18.6. The van der Waals surface area contributed by atoms with E-state index in [1.807, 2.05) is 13.0 Å². The van der Waals surface area contributed by atoms with Crippen LogP contribution in [0.4, 0.5) is 5.82 Å². The molecule has 0 atom stereocenters. The van der Waals surface area contributed by atoms with Gasteiger partial charge in [0, 0.05) is 11.1 Å². The monoisotopic (exact) mass is 444 g/mol.